The van der Waals surface area contributed by atoms with Gasteiger partial charge < -0.3 is 15.4 Å². The molecule has 0 bridgehead atoms. The van der Waals surface area contributed by atoms with Crippen molar-refractivity contribution in [2.45, 2.75) is 6.92 Å². The number of rotatable bonds is 6. The summed E-state index contributed by atoms with van der Waals surface area (Å²) in [5.74, 6) is 0.275. The van der Waals surface area contributed by atoms with Crippen molar-refractivity contribution in [3.05, 3.63) is 95.6 Å². The van der Waals surface area contributed by atoms with E-state index in [2.05, 4.69) is 10.6 Å². The number of carbonyl (C=O) groups is 2. The van der Waals surface area contributed by atoms with Crippen LogP contribution in [-0.2, 0) is 4.79 Å². The molecule has 29 heavy (non-hydrogen) atoms. The Bertz CT molecular complexity index is 1040. The summed E-state index contributed by atoms with van der Waals surface area (Å²) >= 11 is 0. The van der Waals surface area contributed by atoms with E-state index in [1.165, 1.54) is 6.08 Å². The highest BCUT2D eigenvalue weighted by atomic mass is 16.5. The fraction of sp³-hybridized carbons (Fsp3) is 0.0833. The second-order valence-electron chi connectivity index (χ2n) is 6.41. The van der Waals surface area contributed by atoms with E-state index in [-0.39, 0.29) is 11.8 Å². The number of benzene rings is 3. The van der Waals surface area contributed by atoms with Gasteiger partial charge in [-0.15, -0.1) is 0 Å². The van der Waals surface area contributed by atoms with Crippen LogP contribution in [0.1, 0.15) is 21.5 Å². The number of ether oxygens (including phenoxy) is 1. The van der Waals surface area contributed by atoms with E-state index >= 15 is 0 Å². The van der Waals surface area contributed by atoms with Gasteiger partial charge in [-0.2, -0.15) is 0 Å². The quantitative estimate of drug-likeness (QED) is 0.592. The predicted molar refractivity (Wildman–Crippen MR) is 116 cm³/mol. The van der Waals surface area contributed by atoms with E-state index in [4.69, 9.17) is 4.74 Å². The van der Waals surface area contributed by atoms with Crippen molar-refractivity contribution >= 4 is 29.3 Å². The van der Waals surface area contributed by atoms with E-state index in [1.54, 1.807) is 43.5 Å². The molecule has 146 valence electrons. The molecular weight excluding hydrogens is 364 g/mol. The zero-order valence-electron chi connectivity index (χ0n) is 16.3. The van der Waals surface area contributed by atoms with Gasteiger partial charge in [0.15, 0.2) is 0 Å². The molecule has 0 atom stereocenters. The second kappa shape index (κ2) is 9.37. The molecule has 0 aromatic heterocycles. The molecular formula is C24H22N2O3. The fourth-order valence-corrected chi connectivity index (χ4v) is 2.82. The van der Waals surface area contributed by atoms with Crippen LogP contribution in [0, 0.1) is 6.92 Å². The molecule has 0 heterocycles. The van der Waals surface area contributed by atoms with Crippen LogP contribution in [-0.4, -0.2) is 18.9 Å². The molecule has 0 aliphatic rings. The number of hydrogen-bond donors (Lipinski definition) is 2. The number of hydrogen-bond acceptors (Lipinski definition) is 3. The lowest BCUT2D eigenvalue weighted by molar-refractivity contribution is -0.111. The summed E-state index contributed by atoms with van der Waals surface area (Å²) in [6, 6.07) is 21.8. The molecule has 0 saturated carbocycles. The van der Waals surface area contributed by atoms with Gasteiger partial charge in [0.05, 0.1) is 7.11 Å². The maximum atomic E-state index is 12.4. The molecule has 0 aliphatic carbocycles. The average molecular weight is 386 g/mol. The van der Waals surface area contributed by atoms with Gasteiger partial charge in [-0.05, 0) is 55.0 Å². The molecule has 0 saturated heterocycles. The van der Waals surface area contributed by atoms with Crippen LogP contribution in [0.5, 0.6) is 5.75 Å². The van der Waals surface area contributed by atoms with E-state index < -0.39 is 0 Å². The third-order valence-corrected chi connectivity index (χ3v) is 4.35. The van der Waals surface area contributed by atoms with Gasteiger partial charge in [-0.1, -0.05) is 36.4 Å². The number of carbonyl (C=O) groups excluding carboxylic acids is 2. The highest BCUT2D eigenvalue weighted by Gasteiger charge is 2.08. The summed E-state index contributed by atoms with van der Waals surface area (Å²) in [6.07, 6.45) is 3.15. The van der Waals surface area contributed by atoms with Crippen LogP contribution >= 0.6 is 0 Å². The van der Waals surface area contributed by atoms with Crippen molar-refractivity contribution in [3.8, 4) is 5.75 Å². The van der Waals surface area contributed by atoms with Crippen LogP contribution < -0.4 is 15.4 Å². The van der Waals surface area contributed by atoms with Crippen molar-refractivity contribution < 1.29 is 14.3 Å². The van der Waals surface area contributed by atoms with Crippen molar-refractivity contribution in [1.29, 1.82) is 0 Å². The highest BCUT2D eigenvalue weighted by Crippen LogP contribution is 2.19. The molecule has 0 radical (unpaired) electrons. The molecule has 2 N–H and O–H groups in total. The van der Waals surface area contributed by atoms with Gasteiger partial charge >= 0.3 is 0 Å². The summed E-state index contributed by atoms with van der Waals surface area (Å²) < 4.78 is 5.26. The molecule has 5 heteroatoms. The third-order valence-electron chi connectivity index (χ3n) is 4.35. The van der Waals surface area contributed by atoms with Gasteiger partial charge in [0.1, 0.15) is 5.75 Å². The van der Waals surface area contributed by atoms with Crippen LogP contribution in [0.25, 0.3) is 6.08 Å². The fourth-order valence-electron chi connectivity index (χ4n) is 2.82. The maximum Gasteiger partial charge on any atom is 0.255 e. The number of aryl methyl sites for hydroxylation is 1. The molecule has 5 nitrogen and oxygen atoms in total. The Balaban J connectivity index is 1.60. The number of amides is 2. The minimum atomic E-state index is -0.257. The minimum Gasteiger partial charge on any atom is -0.496 e. The van der Waals surface area contributed by atoms with Gasteiger partial charge in [-0.3, -0.25) is 9.59 Å². The third kappa shape index (κ3) is 5.32. The van der Waals surface area contributed by atoms with Gasteiger partial charge in [0, 0.05) is 28.6 Å². The zero-order valence-corrected chi connectivity index (χ0v) is 16.3. The molecule has 0 spiro atoms. The van der Waals surface area contributed by atoms with Gasteiger partial charge in [-0.25, -0.2) is 0 Å². The summed E-state index contributed by atoms with van der Waals surface area (Å²) in [6.45, 7) is 1.89. The summed E-state index contributed by atoms with van der Waals surface area (Å²) in [5.41, 5.74) is 3.65. The zero-order chi connectivity index (χ0) is 20.6. The monoisotopic (exact) mass is 386 g/mol. The minimum absolute atomic E-state index is 0.167. The first-order valence-electron chi connectivity index (χ1n) is 9.16. The van der Waals surface area contributed by atoms with Crippen LogP contribution in [0.4, 0.5) is 11.4 Å². The largest absolute Gasteiger partial charge is 0.496 e. The van der Waals surface area contributed by atoms with Gasteiger partial charge in [0.2, 0.25) is 5.91 Å². The molecule has 0 fully saturated rings. The molecule has 0 unspecified atom stereocenters. The normalized spacial score (nSPS) is 10.6. The lowest BCUT2D eigenvalue weighted by atomic mass is 10.1. The topological polar surface area (TPSA) is 67.4 Å². The van der Waals surface area contributed by atoms with E-state index in [1.807, 2.05) is 49.4 Å². The molecule has 3 aromatic carbocycles. The van der Waals surface area contributed by atoms with Crippen LogP contribution in [0.15, 0.2) is 78.9 Å². The Hall–Kier alpha value is -3.86. The van der Waals surface area contributed by atoms with E-state index in [0.29, 0.717) is 22.7 Å². The Morgan fingerprint density at radius 2 is 1.45 bits per heavy atom. The second-order valence-corrected chi connectivity index (χ2v) is 6.41. The maximum absolute atomic E-state index is 12.4. The number of nitrogens with one attached hydrogen (secondary N) is 2. The molecule has 0 aliphatic heterocycles. The summed E-state index contributed by atoms with van der Waals surface area (Å²) in [7, 11) is 1.59. The summed E-state index contributed by atoms with van der Waals surface area (Å²) in [4.78, 5) is 24.5. The van der Waals surface area contributed by atoms with Crippen LogP contribution in [0.3, 0.4) is 0 Å². The number of para-hydroxylation sites is 1. The van der Waals surface area contributed by atoms with Crippen molar-refractivity contribution in [2.24, 2.45) is 0 Å². The van der Waals surface area contributed by atoms with E-state index in [0.717, 1.165) is 11.1 Å². The van der Waals surface area contributed by atoms with Crippen LogP contribution in [0.2, 0.25) is 0 Å². The molecule has 2 amide bonds. The predicted octanol–water partition coefficient (Wildman–Crippen LogP) is 4.91. The Morgan fingerprint density at radius 3 is 2.14 bits per heavy atom. The smallest absolute Gasteiger partial charge is 0.255 e. The number of methoxy groups -OCH3 is 1. The van der Waals surface area contributed by atoms with E-state index in [9.17, 15) is 9.59 Å². The Morgan fingerprint density at radius 1 is 0.828 bits per heavy atom. The van der Waals surface area contributed by atoms with Crippen molar-refractivity contribution in [2.75, 3.05) is 17.7 Å². The first-order valence-corrected chi connectivity index (χ1v) is 9.16. The highest BCUT2D eigenvalue weighted by molar-refractivity contribution is 6.05. The van der Waals surface area contributed by atoms with Crippen molar-refractivity contribution in [3.63, 3.8) is 0 Å². The standard InChI is InChI=1S/C24H22N2O3/c1-17-7-3-5-9-21(17)24(28)26-20-14-12-19(13-15-20)25-23(27)16-11-18-8-4-6-10-22(18)29-2/h3-16H,1-2H3,(H,25,27)(H,26,28)/b16-11+. The Labute approximate surface area is 170 Å². The van der Waals surface area contributed by atoms with Crippen molar-refractivity contribution in [1.82, 2.24) is 0 Å². The first kappa shape index (κ1) is 19.9. The average Bonchev–Trinajstić information content (AvgIpc) is 2.74. The number of anilines is 2. The van der Waals surface area contributed by atoms with Gasteiger partial charge in [0.25, 0.3) is 5.91 Å². The molecule has 3 aromatic rings. The summed E-state index contributed by atoms with van der Waals surface area (Å²) in [5, 5.41) is 5.65. The lowest BCUT2D eigenvalue weighted by Crippen LogP contribution is -2.13. The molecule has 3 rings (SSSR count). The first-order chi connectivity index (χ1) is 14.1. The Kier molecular flexibility index (Phi) is 6.43. The SMILES string of the molecule is COc1ccccc1/C=C/C(=O)Nc1ccc(NC(=O)c2ccccc2C)cc1. The lowest BCUT2D eigenvalue weighted by Gasteiger charge is -2.09.